The summed E-state index contributed by atoms with van der Waals surface area (Å²) in [5.41, 5.74) is -0.752. The Morgan fingerprint density at radius 2 is 1.11 bits per heavy atom. The van der Waals surface area contributed by atoms with Crippen molar-refractivity contribution in [3.8, 4) is 0 Å². The van der Waals surface area contributed by atoms with Crippen molar-refractivity contribution in [1.82, 2.24) is 5.06 Å². The van der Waals surface area contributed by atoms with Gasteiger partial charge in [0.2, 0.25) is 5.91 Å². The van der Waals surface area contributed by atoms with Gasteiger partial charge in [-0.1, -0.05) is 102 Å². The average Bonchev–Trinajstić information content (AvgIpc) is 3.70. The zero-order valence-corrected chi connectivity index (χ0v) is 45.0. The fourth-order valence-corrected chi connectivity index (χ4v) is 10.6. The molecule has 0 spiro atoms. The summed E-state index contributed by atoms with van der Waals surface area (Å²) >= 11 is 0. The van der Waals surface area contributed by atoms with E-state index >= 15 is 4.79 Å². The van der Waals surface area contributed by atoms with E-state index in [1.807, 2.05) is 6.92 Å². The Kier molecular flexibility index (Phi) is 17.8. The van der Waals surface area contributed by atoms with E-state index in [0.717, 1.165) is 0 Å². The first-order chi connectivity index (χ1) is 24.7. The number of hydrogen-bond acceptors (Lipinski definition) is 8. The van der Waals surface area contributed by atoms with Crippen LogP contribution in [-0.4, -0.2) is 101 Å². The normalized spacial score (nSPS) is 22.1. The van der Waals surface area contributed by atoms with Crippen molar-refractivity contribution in [2.75, 3.05) is 27.4 Å². The van der Waals surface area contributed by atoms with Crippen LogP contribution in [0, 0.1) is 17.8 Å². The zero-order valence-electron chi connectivity index (χ0n) is 41.0. The number of nitrogens with zero attached hydrogens (tertiary/aromatic N) is 1. The largest absolute Gasteiger partial charge is 0.416 e. The van der Waals surface area contributed by atoms with Crippen LogP contribution in [0.25, 0.3) is 0 Å². The molecule has 1 aliphatic rings. The van der Waals surface area contributed by atoms with Crippen molar-refractivity contribution in [2.24, 2.45) is 17.8 Å². The number of hydroxylamine groups is 2. The van der Waals surface area contributed by atoms with Gasteiger partial charge in [-0.15, -0.1) is 0 Å². The van der Waals surface area contributed by atoms with Crippen LogP contribution in [0.1, 0.15) is 110 Å². The van der Waals surface area contributed by atoms with Crippen molar-refractivity contribution in [3.05, 3.63) is 12.2 Å². The van der Waals surface area contributed by atoms with Gasteiger partial charge in [-0.05, 0) is 86.4 Å². The Morgan fingerprint density at radius 3 is 1.48 bits per heavy atom. The van der Waals surface area contributed by atoms with E-state index in [1.165, 1.54) is 12.2 Å². The van der Waals surface area contributed by atoms with E-state index in [0.29, 0.717) is 0 Å². The second-order valence-electron chi connectivity index (χ2n) is 22.9. The topological polar surface area (TPSA) is 96.1 Å². The van der Waals surface area contributed by atoms with Gasteiger partial charge in [0.05, 0.1) is 43.7 Å². The minimum Gasteiger partial charge on any atom is -0.416 e. The lowest BCUT2D eigenvalue weighted by Gasteiger charge is -2.46. The second-order valence-corrected chi connectivity index (χ2v) is 42.0. The second kappa shape index (κ2) is 18.6. The predicted molar refractivity (Wildman–Crippen MR) is 244 cm³/mol. The molecule has 1 saturated heterocycles. The summed E-state index contributed by atoms with van der Waals surface area (Å²) in [5, 5.41) is 0.721. The first-order valence-electron chi connectivity index (χ1n) is 21.0. The van der Waals surface area contributed by atoms with Crippen molar-refractivity contribution in [2.45, 2.75) is 207 Å². The summed E-state index contributed by atoms with van der Waals surface area (Å²) < 4.78 is 35.5. The Morgan fingerprint density at radius 1 is 0.714 bits per heavy atom. The summed E-state index contributed by atoms with van der Waals surface area (Å²) in [5.74, 6) is -1.72. The standard InChI is InChI=1S/C43H89NO8Si4/c1-26-27-31(2)37-43(15,50-37)38(52-56(24,25)42(12,13)14)33(30-49-54(20,21)40(6,7)8)36(46)32(29-48-53(18,19)39(3,4)5)34(28-35(45)44(16)47-17)51-55(22,23)41(9,10)11/h26-27,31-34,37-38H,28-30H2,1-25H3/t31-,32-,33-,34-,37+,38-,43?/m0/s1. The number of ether oxygens (including phenoxy) is 1. The van der Waals surface area contributed by atoms with Gasteiger partial charge in [0, 0.05) is 26.2 Å². The van der Waals surface area contributed by atoms with Gasteiger partial charge in [0.15, 0.2) is 33.3 Å². The van der Waals surface area contributed by atoms with Crippen LogP contribution >= 0.6 is 0 Å². The van der Waals surface area contributed by atoms with E-state index < -0.39 is 62.9 Å². The van der Waals surface area contributed by atoms with Gasteiger partial charge in [0.25, 0.3) is 0 Å². The van der Waals surface area contributed by atoms with Crippen molar-refractivity contribution in [3.63, 3.8) is 0 Å². The van der Waals surface area contributed by atoms with Crippen LogP contribution < -0.4 is 0 Å². The average molecular weight is 861 g/mol. The van der Waals surface area contributed by atoms with Gasteiger partial charge < -0.3 is 22.4 Å². The third kappa shape index (κ3) is 13.3. The zero-order chi connectivity index (χ0) is 44.5. The number of allylic oxidation sites excluding steroid dienone is 1. The molecular formula is C43H89NO8Si4. The van der Waals surface area contributed by atoms with E-state index in [4.69, 9.17) is 27.3 Å². The molecule has 1 rings (SSSR count). The van der Waals surface area contributed by atoms with Gasteiger partial charge in [-0.25, -0.2) is 5.06 Å². The molecule has 0 N–H and O–H groups in total. The number of amides is 1. The highest BCUT2D eigenvalue weighted by atomic mass is 28.4. The van der Waals surface area contributed by atoms with E-state index in [2.05, 4.69) is 161 Å². The molecule has 7 atom stereocenters. The Labute approximate surface area is 349 Å². The fraction of sp³-hybridized carbons (Fsp3) is 0.907. The van der Waals surface area contributed by atoms with Crippen LogP contribution in [0.3, 0.4) is 0 Å². The molecular weight excluding hydrogens is 771 g/mol. The van der Waals surface area contributed by atoms with Crippen LogP contribution in [0.4, 0.5) is 0 Å². The predicted octanol–water partition coefficient (Wildman–Crippen LogP) is 11.4. The molecule has 0 aliphatic carbocycles. The molecule has 1 fully saturated rings. The summed E-state index contributed by atoms with van der Waals surface area (Å²) in [4.78, 5) is 35.4. The summed E-state index contributed by atoms with van der Waals surface area (Å²) in [6.45, 7) is 50.8. The van der Waals surface area contributed by atoms with Gasteiger partial charge in [-0.3, -0.25) is 14.4 Å². The van der Waals surface area contributed by atoms with Crippen molar-refractivity contribution in [1.29, 1.82) is 0 Å². The first kappa shape index (κ1) is 53.5. The van der Waals surface area contributed by atoms with E-state index in [9.17, 15) is 4.79 Å². The Balaban J connectivity index is 4.32. The van der Waals surface area contributed by atoms with Gasteiger partial charge in [-0.2, -0.15) is 0 Å². The molecule has 0 aromatic rings. The monoisotopic (exact) mass is 860 g/mol. The molecule has 1 aliphatic heterocycles. The number of epoxide rings is 1. The Hall–Kier alpha value is -0.492. The molecule has 330 valence electrons. The van der Waals surface area contributed by atoms with Crippen molar-refractivity contribution >= 4 is 45.0 Å². The van der Waals surface area contributed by atoms with Gasteiger partial charge in [0.1, 0.15) is 11.4 Å². The number of carbonyl (C=O) groups is 2. The third-order valence-corrected chi connectivity index (χ3v) is 32.3. The number of ketones is 1. The summed E-state index contributed by atoms with van der Waals surface area (Å²) in [7, 11) is -6.72. The summed E-state index contributed by atoms with van der Waals surface area (Å²) in [6.07, 6.45) is 2.67. The Bertz CT molecular complexity index is 1340. The molecule has 1 unspecified atom stereocenters. The maximum Gasteiger partial charge on any atom is 0.248 e. The smallest absolute Gasteiger partial charge is 0.248 e. The fourth-order valence-electron chi connectivity index (χ4n) is 5.81. The van der Waals surface area contributed by atoms with Crippen LogP contribution in [0.2, 0.25) is 72.5 Å². The molecule has 0 bridgehead atoms. The van der Waals surface area contributed by atoms with Crippen molar-refractivity contribution < 1.29 is 36.9 Å². The molecule has 0 aromatic carbocycles. The minimum atomic E-state index is -2.55. The van der Waals surface area contributed by atoms with E-state index in [-0.39, 0.29) is 63.5 Å². The summed E-state index contributed by atoms with van der Waals surface area (Å²) in [6, 6.07) is 0. The minimum absolute atomic E-state index is 0.0353. The maximum absolute atomic E-state index is 16.1. The van der Waals surface area contributed by atoms with Gasteiger partial charge >= 0.3 is 0 Å². The first-order valence-corrected chi connectivity index (χ1v) is 32.7. The SMILES string of the molecule is CC=C[C@H](C)[C@H]1OC1(C)[C@@H](O[Si](C)(C)C(C)(C)C)[C@@H](CO[Si](C)(C)C(C)(C)C)C(=O)[C@@H](CO[Si](C)(C)C(C)(C)C)[C@H](CC(=O)N(C)OC)O[Si](C)(C)C(C)(C)C. The molecule has 0 saturated carbocycles. The van der Waals surface area contributed by atoms with Crippen LogP contribution in [0.5, 0.6) is 0 Å². The number of rotatable bonds is 20. The number of carbonyl (C=O) groups excluding carboxylic acids is 2. The molecule has 1 amide bonds. The highest BCUT2D eigenvalue weighted by molar-refractivity contribution is 6.75. The highest BCUT2D eigenvalue weighted by Crippen LogP contribution is 2.52. The molecule has 56 heavy (non-hydrogen) atoms. The maximum atomic E-state index is 16.1. The highest BCUT2D eigenvalue weighted by Gasteiger charge is 2.65. The van der Waals surface area contributed by atoms with Crippen LogP contribution in [-0.2, 0) is 36.9 Å². The lowest BCUT2D eigenvalue weighted by atomic mass is 9.79. The quantitative estimate of drug-likeness (QED) is 0.0517. The third-order valence-electron chi connectivity index (χ3n) is 14.3. The number of hydrogen-bond donors (Lipinski definition) is 0. The number of Topliss-reactive ketones (excluding diaryl/α,β-unsaturated/α-hetero) is 1. The molecule has 9 nitrogen and oxygen atoms in total. The molecule has 1 heterocycles. The van der Waals surface area contributed by atoms with Crippen LogP contribution in [0.15, 0.2) is 12.2 Å². The lowest BCUT2D eigenvalue weighted by molar-refractivity contribution is -0.171. The molecule has 0 radical (unpaired) electrons. The lowest BCUT2D eigenvalue weighted by Crippen LogP contribution is -2.57. The van der Waals surface area contributed by atoms with E-state index in [1.54, 1.807) is 7.05 Å². The molecule has 0 aromatic heterocycles. The molecule has 13 heteroatoms.